The molecule has 22 heavy (non-hydrogen) atoms. The Labute approximate surface area is 133 Å². The largest absolute Gasteiger partial charge is 0.464 e. The molecule has 0 saturated heterocycles. The minimum atomic E-state index is -1.16. The van der Waals surface area contributed by atoms with E-state index in [1.54, 1.807) is 18.2 Å². The number of rotatable bonds is 6. The molecule has 0 spiro atoms. The molecule has 0 saturated carbocycles. The first-order valence-electron chi connectivity index (χ1n) is 7.15. The van der Waals surface area contributed by atoms with Crippen molar-refractivity contribution < 1.29 is 9.53 Å². The smallest absolute Gasteiger partial charge is 0.329 e. The number of carbonyl (C=O) groups excluding carboxylic acids is 1. The minimum Gasteiger partial charge on any atom is -0.464 e. The van der Waals surface area contributed by atoms with Crippen LogP contribution in [0.3, 0.4) is 0 Å². The first-order chi connectivity index (χ1) is 10.7. The van der Waals surface area contributed by atoms with Crippen LogP contribution in [-0.4, -0.2) is 22.5 Å². The SMILES string of the molecule is CCCCCOC(=O)[C@H](C#N)c1nc2ccccc2nc1Cl. The van der Waals surface area contributed by atoms with Crippen molar-refractivity contribution in [2.24, 2.45) is 0 Å². The molecular weight excluding hydrogens is 302 g/mol. The summed E-state index contributed by atoms with van der Waals surface area (Å²) in [6.45, 7) is 2.35. The highest BCUT2D eigenvalue weighted by molar-refractivity contribution is 6.30. The van der Waals surface area contributed by atoms with E-state index in [0.29, 0.717) is 17.6 Å². The first kappa shape index (κ1) is 16.2. The molecule has 0 bridgehead atoms. The Kier molecular flexibility index (Phi) is 5.68. The van der Waals surface area contributed by atoms with Gasteiger partial charge in [-0.1, -0.05) is 43.5 Å². The molecule has 6 heteroatoms. The minimum absolute atomic E-state index is 0.0516. The maximum atomic E-state index is 12.1. The summed E-state index contributed by atoms with van der Waals surface area (Å²) < 4.78 is 5.13. The molecule has 0 fully saturated rings. The van der Waals surface area contributed by atoms with Crippen LogP contribution in [-0.2, 0) is 9.53 Å². The van der Waals surface area contributed by atoms with Crippen molar-refractivity contribution in [3.8, 4) is 6.07 Å². The highest BCUT2D eigenvalue weighted by Crippen LogP contribution is 2.24. The molecule has 0 aliphatic heterocycles. The number of para-hydroxylation sites is 2. The predicted octanol–water partition coefficient (Wildman–Crippen LogP) is 3.62. The Bertz CT molecular complexity index is 712. The van der Waals surface area contributed by atoms with Crippen LogP contribution in [0.1, 0.15) is 37.8 Å². The number of carbonyl (C=O) groups is 1. The van der Waals surface area contributed by atoms with Gasteiger partial charge in [0.1, 0.15) is 5.69 Å². The van der Waals surface area contributed by atoms with Gasteiger partial charge in [-0.25, -0.2) is 9.97 Å². The number of aromatic nitrogens is 2. The zero-order valence-electron chi connectivity index (χ0n) is 12.3. The zero-order valence-corrected chi connectivity index (χ0v) is 13.0. The van der Waals surface area contributed by atoms with Gasteiger partial charge in [0.05, 0.1) is 23.7 Å². The van der Waals surface area contributed by atoms with Gasteiger partial charge in [0.15, 0.2) is 11.1 Å². The summed E-state index contributed by atoms with van der Waals surface area (Å²) in [6, 6.07) is 9.04. The second-order valence-electron chi connectivity index (χ2n) is 4.83. The molecule has 1 aromatic heterocycles. The molecular formula is C16H16ClN3O2. The average Bonchev–Trinajstić information content (AvgIpc) is 2.52. The van der Waals surface area contributed by atoms with Crippen molar-refractivity contribution in [1.82, 2.24) is 9.97 Å². The second kappa shape index (κ2) is 7.71. The normalized spacial score (nSPS) is 11.9. The van der Waals surface area contributed by atoms with Crippen LogP contribution >= 0.6 is 11.6 Å². The Hall–Kier alpha value is -2.19. The van der Waals surface area contributed by atoms with Gasteiger partial charge in [0.25, 0.3) is 0 Å². The van der Waals surface area contributed by atoms with E-state index >= 15 is 0 Å². The number of benzene rings is 1. The van der Waals surface area contributed by atoms with Crippen LogP contribution in [0.5, 0.6) is 0 Å². The fraction of sp³-hybridized carbons (Fsp3) is 0.375. The van der Waals surface area contributed by atoms with Crippen LogP contribution in [0.2, 0.25) is 5.15 Å². The van der Waals surface area contributed by atoms with E-state index in [9.17, 15) is 10.1 Å². The lowest BCUT2D eigenvalue weighted by Gasteiger charge is -2.11. The van der Waals surface area contributed by atoms with E-state index in [1.165, 1.54) is 0 Å². The number of fused-ring (bicyclic) bond motifs is 1. The molecule has 2 rings (SSSR count). The van der Waals surface area contributed by atoms with Crippen molar-refractivity contribution in [3.63, 3.8) is 0 Å². The maximum Gasteiger partial charge on any atom is 0.329 e. The predicted molar refractivity (Wildman–Crippen MR) is 83.4 cm³/mol. The van der Waals surface area contributed by atoms with Crippen molar-refractivity contribution in [2.45, 2.75) is 32.1 Å². The summed E-state index contributed by atoms with van der Waals surface area (Å²) >= 11 is 6.07. The van der Waals surface area contributed by atoms with Crippen LogP contribution in [0.25, 0.3) is 11.0 Å². The molecule has 0 aliphatic rings. The van der Waals surface area contributed by atoms with Crippen molar-refractivity contribution in [1.29, 1.82) is 5.26 Å². The molecule has 0 N–H and O–H groups in total. The highest BCUT2D eigenvalue weighted by atomic mass is 35.5. The van der Waals surface area contributed by atoms with Gasteiger partial charge >= 0.3 is 5.97 Å². The summed E-state index contributed by atoms with van der Waals surface area (Å²) in [6.07, 6.45) is 2.78. The Morgan fingerprint density at radius 1 is 1.32 bits per heavy atom. The lowest BCUT2D eigenvalue weighted by atomic mass is 10.1. The summed E-state index contributed by atoms with van der Waals surface area (Å²) in [7, 11) is 0. The van der Waals surface area contributed by atoms with Gasteiger partial charge in [0.2, 0.25) is 0 Å². The zero-order chi connectivity index (χ0) is 15.9. The molecule has 1 heterocycles. The van der Waals surface area contributed by atoms with E-state index in [0.717, 1.165) is 19.3 Å². The van der Waals surface area contributed by atoms with Gasteiger partial charge < -0.3 is 4.74 Å². The Balaban J connectivity index is 2.22. The summed E-state index contributed by atoms with van der Waals surface area (Å²) in [5, 5.41) is 9.32. The molecule has 1 atom stereocenters. The third kappa shape index (κ3) is 3.71. The monoisotopic (exact) mass is 317 g/mol. The standard InChI is InChI=1S/C16H16ClN3O2/c1-2-3-6-9-22-16(21)11(10-18)14-15(17)20-13-8-5-4-7-12(13)19-14/h4-5,7-8,11H,2-3,6,9H2,1H3/t11-/m1/s1. The van der Waals surface area contributed by atoms with Gasteiger partial charge in [-0.2, -0.15) is 5.26 Å². The Morgan fingerprint density at radius 2 is 2.00 bits per heavy atom. The summed E-state index contributed by atoms with van der Waals surface area (Å²) in [5.74, 6) is -1.80. The number of hydrogen-bond donors (Lipinski definition) is 0. The number of ether oxygens (including phenoxy) is 1. The van der Waals surface area contributed by atoms with Crippen molar-refractivity contribution in [2.75, 3.05) is 6.61 Å². The maximum absolute atomic E-state index is 12.1. The molecule has 0 unspecified atom stereocenters. The van der Waals surface area contributed by atoms with Crippen LogP contribution in [0.4, 0.5) is 0 Å². The van der Waals surface area contributed by atoms with Gasteiger partial charge in [-0.15, -0.1) is 0 Å². The molecule has 0 aliphatic carbocycles. The van der Waals surface area contributed by atoms with E-state index in [4.69, 9.17) is 16.3 Å². The molecule has 2 aromatic rings. The summed E-state index contributed by atoms with van der Waals surface area (Å²) in [5.41, 5.74) is 1.34. The van der Waals surface area contributed by atoms with E-state index in [1.807, 2.05) is 12.1 Å². The lowest BCUT2D eigenvalue weighted by molar-refractivity contribution is -0.144. The van der Waals surface area contributed by atoms with Crippen molar-refractivity contribution in [3.05, 3.63) is 35.1 Å². The lowest BCUT2D eigenvalue weighted by Crippen LogP contribution is -2.17. The molecule has 0 amide bonds. The van der Waals surface area contributed by atoms with E-state index < -0.39 is 11.9 Å². The fourth-order valence-electron chi connectivity index (χ4n) is 2.01. The molecule has 114 valence electrons. The van der Waals surface area contributed by atoms with Crippen LogP contribution in [0, 0.1) is 11.3 Å². The number of nitrogens with zero attached hydrogens (tertiary/aromatic N) is 3. The third-order valence-corrected chi connectivity index (χ3v) is 3.46. The van der Waals surface area contributed by atoms with Gasteiger partial charge in [0, 0.05) is 0 Å². The van der Waals surface area contributed by atoms with Crippen molar-refractivity contribution >= 4 is 28.6 Å². The highest BCUT2D eigenvalue weighted by Gasteiger charge is 2.27. The van der Waals surface area contributed by atoms with E-state index in [-0.39, 0.29) is 10.8 Å². The third-order valence-electron chi connectivity index (χ3n) is 3.18. The topological polar surface area (TPSA) is 75.9 Å². The number of halogens is 1. The molecule has 1 aromatic carbocycles. The Morgan fingerprint density at radius 3 is 2.64 bits per heavy atom. The van der Waals surface area contributed by atoms with E-state index in [2.05, 4.69) is 16.9 Å². The second-order valence-corrected chi connectivity index (χ2v) is 5.18. The van der Waals surface area contributed by atoms with Crippen LogP contribution in [0.15, 0.2) is 24.3 Å². The first-order valence-corrected chi connectivity index (χ1v) is 7.53. The number of esters is 1. The fourth-order valence-corrected chi connectivity index (χ4v) is 2.25. The average molecular weight is 318 g/mol. The summed E-state index contributed by atoms with van der Waals surface area (Å²) in [4.78, 5) is 20.5. The number of nitriles is 1. The number of unbranched alkanes of at least 4 members (excludes halogenated alkanes) is 2. The van der Waals surface area contributed by atoms with Crippen LogP contribution < -0.4 is 0 Å². The van der Waals surface area contributed by atoms with Gasteiger partial charge in [-0.3, -0.25) is 4.79 Å². The molecule has 0 radical (unpaired) electrons. The molecule has 5 nitrogen and oxygen atoms in total. The quantitative estimate of drug-likeness (QED) is 0.600. The van der Waals surface area contributed by atoms with Gasteiger partial charge in [-0.05, 0) is 18.6 Å². The number of hydrogen-bond acceptors (Lipinski definition) is 5.